The SMILES string of the molecule is Oc1cccc2c1-c1c(O)cccc1[C@H](O)[C@@H]2O. The van der Waals surface area contributed by atoms with E-state index >= 15 is 0 Å². The molecule has 0 aromatic heterocycles. The van der Waals surface area contributed by atoms with Crippen LogP contribution in [-0.2, 0) is 0 Å². The standard InChI is InChI=1S/C14H12O4/c15-9-5-1-3-7-11(9)12-8(14(18)13(7)17)4-2-6-10(12)16/h1-6,13-18H/t13-,14+. The molecule has 0 unspecified atom stereocenters. The highest BCUT2D eigenvalue weighted by molar-refractivity contribution is 5.83. The van der Waals surface area contributed by atoms with Crippen molar-refractivity contribution in [3.63, 3.8) is 0 Å². The maximum Gasteiger partial charge on any atom is 0.123 e. The average molecular weight is 244 g/mol. The molecule has 2 atom stereocenters. The Morgan fingerprint density at radius 2 is 1.06 bits per heavy atom. The third kappa shape index (κ3) is 1.33. The zero-order chi connectivity index (χ0) is 12.9. The van der Waals surface area contributed by atoms with Gasteiger partial charge in [-0.05, 0) is 23.3 Å². The Balaban J connectivity index is 2.42. The van der Waals surface area contributed by atoms with Crippen molar-refractivity contribution in [3.8, 4) is 22.6 Å². The van der Waals surface area contributed by atoms with Crippen LogP contribution in [0.2, 0.25) is 0 Å². The zero-order valence-corrected chi connectivity index (χ0v) is 9.41. The Morgan fingerprint density at radius 3 is 1.44 bits per heavy atom. The van der Waals surface area contributed by atoms with Gasteiger partial charge in [-0.15, -0.1) is 0 Å². The van der Waals surface area contributed by atoms with E-state index in [0.717, 1.165) is 0 Å². The molecule has 4 heteroatoms. The molecule has 2 aromatic carbocycles. The lowest BCUT2D eigenvalue weighted by Gasteiger charge is -2.29. The number of benzene rings is 2. The second-order valence-electron chi connectivity index (χ2n) is 4.37. The fourth-order valence-electron chi connectivity index (χ4n) is 2.49. The van der Waals surface area contributed by atoms with E-state index in [0.29, 0.717) is 22.3 Å². The van der Waals surface area contributed by atoms with Gasteiger partial charge in [0.05, 0.1) is 0 Å². The van der Waals surface area contributed by atoms with Crippen molar-refractivity contribution in [1.29, 1.82) is 0 Å². The monoisotopic (exact) mass is 244 g/mol. The lowest BCUT2D eigenvalue weighted by Crippen LogP contribution is -2.17. The maximum atomic E-state index is 10.0. The number of fused-ring (bicyclic) bond motifs is 3. The molecule has 92 valence electrons. The number of phenolic OH excluding ortho intramolecular Hbond substituents is 2. The van der Waals surface area contributed by atoms with Gasteiger partial charge in [-0.25, -0.2) is 0 Å². The van der Waals surface area contributed by atoms with Crippen LogP contribution in [0.1, 0.15) is 23.3 Å². The molecule has 0 saturated heterocycles. The van der Waals surface area contributed by atoms with Crippen molar-refractivity contribution < 1.29 is 20.4 Å². The largest absolute Gasteiger partial charge is 0.507 e. The first-order valence-corrected chi connectivity index (χ1v) is 5.61. The number of hydrogen-bond donors (Lipinski definition) is 4. The zero-order valence-electron chi connectivity index (χ0n) is 9.41. The minimum absolute atomic E-state index is 0.0267. The van der Waals surface area contributed by atoms with E-state index in [9.17, 15) is 20.4 Å². The van der Waals surface area contributed by atoms with E-state index in [-0.39, 0.29) is 11.5 Å². The van der Waals surface area contributed by atoms with Gasteiger partial charge < -0.3 is 20.4 Å². The minimum Gasteiger partial charge on any atom is -0.507 e. The second kappa shape index (κ2) is 3.73. The summed E-state index contributed by atoms with van der Waals surface area (Å²) in [6.07, 6.45) is -2.22. The Bertz CT molecular complexity index is 566. The van der Waals surface area contributed by atoms with Crippen LogP contribution in [0.3, 0.4) is 0 Å². The molecule has 4 nitrogen and oxygen atoms in total. The van der Waals surface area contributed by atoms with Crippen LogP contribution in [0.25, 0.3) is 11.1 Å². The summed E-state index contributed by atoms with van der Waals surface area (Å²) in [5.74, 6) is -0.0533. The molecule has 0 amide bonds. The van der Waals surface area contributed by atoms with Crippen molar-refractivity contribution in [3.05, 3.63) is 47.5 Å². The number of aromatic hydroxyl groups is 2. The summed E-state index contributed by atoms with van der Waals surface area (Å²) in [6, 6.07) is 9.40. The van der Waals surface area contributed by atoms with Crippen LogP contribution in [0.5, 0.6) is 11.5 Å². The summed E-state index contributed by atoms with van der Waals surface area (Å²) in [4.78, 5) is 0. The van der Waals surface area contributed by atoms with Gasteiger partial charge in [-0.3, -0.25) is 0 Å². The van der Waals surface area contributed by atoms with E-state index in [2.05, 4.69) is 0 Å². The van der Waals surface area contributed by atoms with Gasteiger partial charge in [0.25, 0.3) is 0 Å². The summed E-state index contributed by atoms with van der Waals surface area (Å²) >= 11 is 0. The smallest absolute Gasteiger partial charge is 0.123 e. The van der Waals surface area contributed by atoms with Crippen LogP contribution in [0.15, 0.2) is 36.4 Å². The van der Waals surface area contributed by atoms with Crippen LogP contribution in [0.4, 0.5) is 0 Å². The van der Waals surface area contributed by atoms with Crippen LogP contribution in [-0.4, -0.2) is 20.4 Å². The van der Waals surface area contributed by atoms with Crippen molar-refractivity contribution in [2.75, 3.05) is 0 Å². The molecule has 0 spiro atoms. The van der Waals surface area contributed by atoms with Gasteiger partial charge in [-0.1, -0.05) is 24.3 Å². The van der Waals surface area contributed by atoms with Crippen LogP contribution < -0.4 is 0 Å². The van der Waals surface area contributed by atoms with Crippen molar-refractivity contribution in [2.45, 2.75) is 12.2 Å². The van der Waals surface area contributed by atoms with Gasteiger partial charge in [0.15, 0.2) is 0 Å². The molecule has 0 fully saturated rings. The number of aliphatic hydroxyl groups is 2. The predicted molar refractivity (Wildman–Crippen MR) is 65.1 cm³/mol. The quantitative estimate of drug-likeness (QED) is 0.570. The molecule has 0 radical (unpaired) electrons. The molecule has 3 rings (SSSR count). The molecular formula is C14H12O4. The van der Waals surface area contributed by atoms with E-state index in [1.54, 1.807) is 24.3 Å². The molecular weight excluding hydrogens is 232 g/mol. The van der Waals surface area contributed by atoms with Crippen molar-refractivity contribution in [2.24, 2.45) is 0 Å². The first-order valence-electron chi connectivity index (χ1n) is 5.61. The Labute approximate surface area is 103 Å². The fourth-order valence-corrected chi connectivity index (χ4v) is 2.49. The van der Waals surface area contributed by atoms with Crippen molar-refractivity contribution in [1.82, 2.24) is 0 Å². The third-order valence-electron chi connectivity index (χ3n) is 3.34. The predicted octanol–water partition coefficient (Wildman–Crippen LogP) is 1.85. The van der Waals surface area contributed by atoms with Gasteiger partial charge in [0, 0.05) is 11.1 Å². The topological polar surface area (TPSA) is 80.9 Å². The second-order valence-corrected chi connectivity index (χ2v) is 4.37. The van der Waals surface area contributed by atoms with Gasteiger partial charge in [0.1, 0.15) is 23.7 Å². The number of rotatable bonds is 0. The fraction of sp³-hybridized carbons (Fsp3) is 0.143. The number of aliphatic hydroxyl groups excluding tert-OH is 2. The Morgan fingerprint density at radius 1 is 0.667 bits per heavy atom. The number of phenols is 2. The summed E-state index contributed by atoms with van der Waals surface area (Å²) in [5, 5.41) is 40.0. The highest BCUT2D eigenvalue weighted by atomic mass is 16.3. The average Bonchev–Trinajstić information content (AvgIpc) is 2.36. The highest BCUT2D eigenvalue weighted by Crippen LogP contribution is 2.50. The third-order valence-corrected chi connectivity index (χ3v) is 3.34. The summed E-state index contributed by atoms with van der Waals surface area (Å²) in [7, 11) is 0. The first-order chi connectivity index (χ1) is 8.61. The molecule has 4 N–H and O–H groups in total. The molecule has 1 aliphatic rings. The normalized spacial score (nSPS) is 21.2. The maximum absolute atomic E-state index is 10.0. The lowest BCUT2D eigenvalue weighted by atomic mass is 9.81. The first kappa shape index (κ1) is 11.1. The minimum atomic E-state index is -1.11. The van der Waals surface area contributed by atoms with Gasteiger partial charge >= 0.3 is 0 Å². The summed E-state index contributed by atoms with van der Waals surface area (Å²) in [5.41, 5.74) is 1.58. The van der Waals surface area contributed by atoms with E-state index < -0.39 is 12.2 Å². The summed E-state index contributed by atoms with van der Waals surface area (Å²) in [6.45, 7) is 0. The van der Waals surface area contributed by atoms with Crippen LogP contribution >= 0.6 is 0 Å². The molecule has 2 aromatic rings. The van der Waals surface area contributed by atoms with E-state index in [1.165, 1.54) is 12.1 Å². The van der Waals surface area contributed by atoms with Crippen molar-refractivity contribution >= 4 is 0 Å². The molecule has 1 aliphatic carbocycles. The van der Waals surface area contributed by atoms with Crippen LogP contribution in [0, 0.1) is 0 Å². The van der Waals surface area contributed by atoms with Gasteiger partial charge in [-0.2, -0.15) is 0 Å². The van der Waals surface area contributed by atoms with E-state index in [4.69, 9.17) is 0 Å². The van der Waals surface area contributed by atoms with Gasteiger partial charge in [0.2, 0.25) is 0 Å². The van der Waals surface area contributed by atoms with E-state index in [1.807, 2.05) is 0 Å². The molecule has 18 heavy (non-hydrogen) atoms. The number of hydrogen-bond acceptors (Lipinski definition) is 4. The summed E-state index contributed by atoms with van der Waals surface area (Å²) < 4.78 is 0. The molecule has 0 saturated carbocycles. The molecule has 0 heterocycles. The molecule has 0 bridgehead atoms. The highest BCUT2D eigenvalue weighted by Gasteiger charge is 2.34. The Hall–Kier alpha value is -2.04. The Kier molecular flexibility index (Phi) is 2.29. The lowest BCUT2D eigenvalue weighted by molar-refractivity contribution is 0.0155. The molecule has 0 aliphatic heterocycles.